The molecule has 3 nitrogen and oxygen atoms in total. The lowest BCUT2D eigenvalue weighted by molar-refractivity contribution is 0.102. The summed E-state index contributed by atoms with van der Waals surface area (Å²) in [5, 5.41) is 2.73. The molecule has 104 valence electrons. The number of rotatable bonds is 3. The average Bonchev–Trinajstić information content (AvgIpc) is 2.37. The molecule has 6 heteroatoms. The summed E-state index contributed by atoms with van der Waals surface area (Å²) in [7, 11) is 1.40. The van der Waals surface area contributed by atoms with Gasteiger partial charge in [0, 0.05) is 16.8 Å². The average molecular weight is 298 g/mol. The van der Waals surface area contributed by atoms with E-state index in [2.05, 4.69) is 5.32 Å². The van der Waals surface area contributed by atoms with Crippen LogP contribution >= 0.6 is 11.6 Å². The van der Waals surface area contributed by atoms with Gasteiger partial charge in [0.1, 0.15) is 17.4 Å². The summed E-state index contributed by atoms with van der Waals surface area (Å²) in [6, 6.07) is 7.25. The number of hydrogen-bond donors (Lipinski definition) is 1. The zero-order valence-electron chi connectivity index (χ0n) is 10.4. The Hall–Kier alpha value is -2.14. The van der Waals surface area contributed by atoms with Crippen molar-refractivity contribution in [3.63, 3.8) is 0 Å². The summed E-state index contributed by atoms with van der Waals surface area (Å²) in [5.41, 5.74) is 0.180. The molecule has 0 bridgehead atoms. The van der Waals surface area contributed by atoms with Crippen LogP contribution in [0.5, 0.6) is 5.75 Å². The molecule has 0 radical (unpaired) electrons. The van der Waals surface area contributed by atoms with E-state index >= 15 is 0 Å². The summed E-state index contributed by atoms with van der Waals surface area (Å²) in [6.45, 7) is 0. The van der Waals surface area contributed by atoms with Crippen molar-refractivity contribution in [3.05, 3.63) is 58.6 Å². The number of amides is 1. The van der Waals surface area contributed by atoms with Gasteiger partial charge in [0.2, 0.25) is 0 Å². The highest BCUT2D eigenvalue weighted by atomic mass is 35.5. The first-order valence-electron chi connectivity index (χ1n) is 5.60. The van der Waals surface area contributed by atoms with Gasteiger partial charge >= 0.3 is 0 Å². The van der Waals surface area contributed by atoms with E-state index in [-0.39, 0.29) is 11.3 Å². The van der Waals surface area contributed by atoms with E-state index in [9.17, 15) is 13.6 Å². The Morgan fingerprint density at radius 3 is 2.40 bits per heavy atom. The van der Waals surface area contributed by atoms with Crippen molar-refractivity contribution in [2.75, 3.05) is 12.4 Å². The third-order valence-electron chi connectivity index (χ3n) is 2.53. The number of carbonyl (C=O) groups excluding carboxylic acids is 1. The molecule has 0 saturated heterocycles. The number of hydrogen-bond acceptors (Lipinski definition) is 2. The van der Waals surface area contributed by atoms with Crippen LogP contribution in [0.1, 0.15) is 10.4 Å². The summed E-state index contributed by atoms with van der Waals surface area (Å²) in [4.78, 5) is 12.1. The zero-order valence-corrected chi connectivity index (χ0v) is 11.2. The van der Waals surface area contributed by atoms with Gasteiger partial charge in [-0.3, -0.25) is 4.79 Å². The quantitative estimate of drug-likeness (QED) is 0.933. The molecule has 1 amide bonds. The molecular weight excluding hydrogens is 288 g/mol. The zero-order chi connectivity index (χ0) is 14.7. The van der Waals surface area contributed by atoms with Crippen LogP contribution < -0.4 is 10.1 Å². The minimum absolute atomic E-state index is 0.00882. The number of benzene rings is 2. The maximum absolute atomic E-state index is 13.1. The van der Waals surface area contributed by atoms with Crippen LogP contribution in [0.3, 0.4) is 0 Å². The molecule has 0 aromatic heterocycles. The van der Waals surface area contributed by atoms with E-state index in [1.807, 2.05) is 0 Å². The SMILES string of the molecule is COc1ccc(Cl)cc1C(=O)Nc1cc(F)cc(F)c1. The van der Waals surface area contributed by atoms with Gasteiger partial charge in [-0.15, -0.1) is 0 Å². The highest BCUT2D eigenvalue weighted by molar-refractivity contribution is 6.31. The van der Waals surface area contributed by atoms with Gasteiger partial charge in [0.25, 0.3) is 5.91 Å². The number of anilines is 1. The second-order valence-corrected chi connectivity index (χ2v) is 4.39. The molecule has 0 atom stereocenters. The van der Waals surface area contributed by atoms with Crippen LogP contribution in [0.15, 0.2) is 36.4 Å². The molecule has 2 aromatic rings. The van der Waals surface area contributed by atoms with Crippen LogP contribution in [0.25, 0.3) is 0 Å². The highest BCUT2D eigenvalue weighted by Gasteiger charge is 2.14. The predicted molar refractivity (Wildman–Crippen MR) is 72.3 cm³/mol. The van der Waals surface area contributed by atoms with Gasteiger partial charge in [-0.05, 0) is 30.3 Å². The van der Waals surface area contributed by atoms with Crippen molar-refractivity contribution >= 4 is 23.2 Å². The minimum Gasteiger partial charge on any atom is -0.496 e. The summed E-state index contributed by atoms with van der Waals surface area (Å²) in [6.07, 6.45) is 0. The Morgan fingerprint density at radius 2 is 1.80 bits per heavy atom. The van der Waals surface area contributed by atoms with Gasteiger partial charge < -0.3 is 10.1 Å². The van der Waals surface area contributed by atoms with Crippen molar-refractivity contribution in [1.82, 2.24) is 0 Å². The van der Waals surface area contributed by atoms with Crippen LogP contribution in [0, 0.1) is 11.6 Å². The predicted octanol–water partition coefficient (Wildman–Crippen LogP) is 3.88. The lowest BCUT2D eigenvalue weighted by Crippen LogP contribution is -2.13. The smallest absolute Gasteiger partial charge is 0.259 e. The molecule has 20 heavy (non-hydrogen) atoms. The van der Waals surface area contributed by atoms with E-state index in [1.54, 1.807) is 6.07 Å². The van der Waals surface area contributed by atoms with Gasteiger partial charge in [-0.25, -0.2) is 8.78 Å². The Bertz CT molecular complexity index is 641. The fourth-order valence-corrected chi connectivity index (χ4v) is 1.85. The van der Waals surface area contributed by atoms with Crippen molar-refractivity contribution < 1.29 is 18.3 Å². The number of carbonyl (C=O) groups is 1. The summed E-state index contributed by atoms with van der Waals surface area (Å²) in [5.74, 6) is -1.82. The number of halogens is 3. The fraction of sp³-hybridized carbons (Fsp3) is 0.0714. The molecule has 2 aromatic carbocycles. The third-order valence-corrected chi connectivity index (χ3v) is 2.76. The van der Waals surface area contributed by atoms with Gasteiger partial charge in [-0.2, -0.15) is 0 Å². The maximum Gasteiger partial charge on any atom is 0.259 e. The monoisotopic (exact) mass is 297 g/mol. The van der Waals surface area contributed by atoms with Gasteiger partial charge in [0.05, 0.1) is 12.7 Å². The van der Waals surface area contributed by atoms with Crippen molar-refractivity contribution in [2.45, 2.75) is 0 Å². The Kier molecular flexibility index (Phi) is 4.20. The first-order chi connectivity index (χ1) is 9.49. The molecule has 0 aliphatic carbocycles. The lowest BCUT2D eigenvalue weighted by Gasteiger charge is -2.10. The van der Waals surface area contributed by atoms with Crippen molar-refractivity contribution in [3.8, 4) is 5.75 Å². The topological polar surface area (TPSA) is 38.3 Å². The first-order valence-corrected chi connectivity index (χ1v) is 5.98. The maximum atomic E-state index is 13.1. The second-order valence-electron chi connectivity index (χ2n) is 3.96. The van der Waals surface area contributed by atoms with E-state index < -0.39 is 17.5 Å². The van der Waals surface area contributed by atoms with E-state index in [0.29, 0.717) is 10.8 Å². The molecular formula is C14H10ClF2NO2. The molecule has 1 N–H and O–H groups in total. The van der Waals surface area contributed by atoms with E-state index in [1.165, 1.54) is 19.2 Å². The second kappa shape index (κ2) is 5.88. The van der Waals surface area contributed by atoms with Crippen LogP contribution in [-0.4, -0.2) is 13.0 Å². The molecule has 0 saturated carbocycles. The molecule has 2 rings (SSSR count). The number of ether oxygens (including phenoxy) is 1. The molecule has 0 aliphatic heterocycles. The van der Waals surface area contributed by atoms with Crippen LogP contribution in [-0.2, 0) is 0 Å². The first kappa shape index (κ1) is 14.3. The van der Waals surface area contributed by atoms with Crippen LogP contribution in [0.4, 0.5) is 14.5 Å². The standard InChI is InChI=1S/C14H10ClF2NO2/c1-20-13-3-2-8(15)4-12(13)14(19)18-11-6-9(16)5-10(17)7-11/h2-7H,1H3,(H,18,19). The molecule has 0 aliphatic rings. The summed E-state index contributed by atoms with van der Waals surface area (Å²) < 4.78 is 31.1. The largest absolute Gasteiger partial charge is 0.496 e. The lowest BCUT2D eigenvalue weighted by atomic mass is 10.2. The van der Waals surface area contributed by atoms with Crippen LogP contribution in [0.2, 0.25) is 5.02 Å². The fourth-order valence-electron chi connectivity index (χ4n) is 1.68. The van der Waals surface area contributed by atoms with Crippen molar-refractivity contribution in [2.24, 2.45) is 0 Å². The van der Waals surface area contributed by atoms with E-state index in [0.717, 1.165) is 18.2 Å². The Balaban J connectivity index is 2.30. The summed E-state index contributed by atoms with van der Waals surface area (Å²) >= 11 is 5.82. The molecule has 0 unspecified atom stereocenters. The molecule has 0 spiro atoms. The van der Waals surface area contributed by atoms with E-state index in [4.69, 9.17) is 16.3 Å². The van der Waals surface area contributed by atoms with Crippen molar-refractivity contribution in [1.29, 1.82) is 0 Å². The minimum atomic E-state index is -0.779. The molecule has 0 fully saturated rings. The number of nitrogens with one attached hydrogen (secondary N) is 1. The Labute approximate surface area is 119 Å². The van der Waals surface area contributed by atoms with Gasteiger partial charge in [-0.1, -0.05) is 11.6 Å². The number of methoxy groups -OCH3 is 1. The Morgan fingerprint density at radius 1 is 1.15 bits per heavy atom. The highest BCUT2D eigenvalue weighted by Crippen LogP contribution is 2.24. The normalized spacial score (nSPS) is 10.2. The third kappa shape index (κ3) is 3.24. The van der Waals surface area contributed by atoms with Gasteiger partial charge in [0.15, 0.2) is 0 Å². The molecule has 0 heterocycles.